The molecule has 1 N–H and O–H groups in total. The van der Waals surface area contributed by atoms with Gasteiger partial charge in [-0.05, 0) is 24.6 Å². The van der Waals surface area contributed by atoms with Crippen molar-refractivity contribution in [2.75, 3.05) is 0 Å². The van der Waals surface area contributed by atoms with Crippen LogP contribution in [0, 0.1) is 17.0 Å². The van der Waals surface area contributed by atoms with Crippen LogP contribution in [0.5, 0.6) is 0 Å². The average Bonchev–Trinajstić information content (AvgIpc) is 2.88. The predicted octanol–water partition coefficient (Wildman–Crippen LogP) is 2.63. The van der Waals surface area contributed by atoms with Crippen LogP contribution < -0.4 is 4.72 Å². The molecule has 2 aromatic rings. The van der Waals surface area contributed by atoms with Gasteiger partial charge < -0.3 is 4.42 Å². The number of hydrogen-bond donors (Lipinski definition) is 1. The molecule has 0 saturated heterocycles. The third-order valence-corrected chi connectivity index (χ3v) is 4.62. The van der Waals surface area contributed by atoms with Crippen molar-refractivity contribution in [2.24, 2.45) is 0 Å². The third kappa shape index (κ3) is 3.41. The minimum Gasteiger partial charge on any atom is -0.472 e. The monoisotopic (exact) mass is 330 g/mol. The SMILES string of the molecule is Cc1cc(Cl)c([N+](=O)[O-])cc1S(=O)(=O)NCc1ccoc1. The first-order valence-electron chi connectivity index (χ1n) is 5.76. The molecule has 7 nitrogen and oxygen atoms in total. The van der Waals surface area contributed by atoms with Gasteiger partial charge in [0.05, 0.1) is 22.3 Å². The van der Waals surface area contributed by atoms with Crippen molar-refractivity contribution in [3.63, 3.8) is 0 Å². The zero-order valence-corrected chi connectivity index (χ0v) is 12.4. The minimum absolute atomic E-state index is 0.0225. The highest BCUT2D eigenvalue weighted by molar-refractivity contribution is 7.89. The smallest absolute Gasteiger partial charge is 0.289 e. The summed E-state index contributed by atoms with van der Waals surface area (Å²) in [4.78, 5) is 9.95. The number of benzene rings is 1. The largest absolute Gasteiger partial charge is 0.472 e. The van der Waals surface area contributed by atoms with Gasteiger partial charge in [-0.1, -0.05) is 11.6 Å². The molecule has 1 aromatic heterocycles. The standard InChI is InChI=1S/C12H11ClN2O5S/c1-8-4-10(13)11(15(16)17)5-12(8)21(18,19)14-6-9-2-3-20-7-9/h2-5,7,14H,6H2,1H3. The molecule has 0 radical (unpaired) electrons. The minimum atomic E-state index is -3.89. The molecular weight excluding hydrogens is 320 g/mol. The Morgan fingerprint density at radius 3 is 2.71 bits per heavy atom. The zero-order chi connectivity index (χ0) is 15.6. The fourth-order valence-corrected chi connectivity index (χ4v) is 3.27. The van der Waals surface area contributed by atoms with Crippen molar-refractivity contribution in [1.82, 2.24) is 4.72 Å². The van der Waals surface area contributed by atoms with Gasteiger partial charge in [-0.2, -0.15) is 0 Å². The van der Waals surface area contributed by atoms with Gasteiger partial charge in [0.25, 0.3) is 5.69 Å². The summed E-state index contributed by atoms with van der Waals surface area (Å²) >= 11 is 5.74. The Kier molecular flexibility index (Phi) is 4.31. The number of nitrogens with one attached hydrogen (secondary N) is 1. The van der Waals surface area contributed by atoms with Crippen molar-refractivity contribution in [2.45, 2.75) is 18.4 Å². The van der Waals surface area contributed by atoms with Crippen molar-refractivity contribution in [3.8, 4) is 0 Å². The molecule has 0 amide bonds. The van der Waals surface area contributed by atoms with Crippen LogP contribution >= 0.6 is 11.6 Å². The molecule has 0 saturated carbocycles. The molecule has 1 aromatic carbocycles. The highest BCUT2D eigenvalue weighted by Crippen LogP contribution is 2.30. The Bertz CT molecular complexity index is 771. The maximum atomic E-state index is 12.2. The number of nitro groups is 1. The van der Waals surface area contributed by atoms with Crippen LogP contribution in [0.15, 0.2) is 40.0 Å². The average molecular weight is 331 g/mol. The Morgan fingerprint density at radius 1 is 1.43 bits per heavy atom. The van der Waals surface area contributed by atoms with E-state index in [4.69, 9.17) is 16.0 Å². The fourth-order valence-electron chi connectivity index (χ4n) is 1.72. The van der Waals surface area contributed by atoms with Crippen molar-refractivity contribution >= 4 is 27.3 Å². The lowest BCUT2D eigenvalue weighted by Gasteiger charge is -2.09. The Labute approximate surface area is 125 Å². The summed E-state index contributed by atoms with van der Waals surface area (Å²) in [6.07, 6.45) is 2.82. The van der Waals surface area contributed by atoms with Gasteiger partial charge >= 0.3 is 0 Å². The Morgan fingerprint density at radius 2 is 2.14 bits per heavy atom. The molecule has 0 aliphatic carbocycles. The number of hydrogen-bond acceptors (Lipinski definition) is 5. The van der Waals surface area contributed by atoms with Crippen molar-refractivity contribution in [1.29, 1.82) is 0 Å². The maximum Gasteiger partial charge on any atom is 0.289 e. The number of halogens is 1. The zero-order valence-electron chi connectivity index (χ0n) is 10.9. The summed E-state index contributed by atoms with van der Waals surface area (Å²) < 4.78 is 31.6. The number of nitro benzene ring substituents is 1. The molecule has 2 rings (SSSR count). The molecule has 1 heterocycles. The van der Waals surface area contributed by atoms with Crippen molar-refractivity contribution < 1.29 is 17.8 Å². The summed E-state index contributed by atoms with van der Waals surface area (Å²) in [6, 6.07) is 3.82. The lowest BCUT2D eigenvalue weighted by atomic mass is 10.2. The number of rotatable bonds is 5. The highest BCUT2D eigenvalue weighted by Gasteiger charge is 2.23. The molecule has 0 aliphatic heterocycles. The Balaban J connectivity index is 2.35. The number of sulfonamides is 1. The third-order valence-electron chi connectivity index (χ3n) is 2.78. The van der Waals surface area contributed by atoms with Crippen LogP contribution in [-0.4, -0.2) is 13.3 Å². The molecule has 0 atom stereocenters. The van der Waals surface area contributed by atoms with Gasteiger partial charge in [0.1, 0.15) is 5.02 Å². The van der Waals surface area contributed by atoms with E-state index < -0.39 is 20.6 Å². The molecule has 0 aliphatic rings. The Hall–Kier alpha value is -1.90. The second-order valence-electron chi connectivity index (χ2n) is 4.28. The molecule has 0 spiro atoms. The van der Waals surface area contributed by atoms with Crippen LogP contribution in [-0.2, 0) is 16.6 Å². The highest BCUT2D eigenvalue weighted by atomic mass is 35.5. The van der Waals surface area contributed by atoms with E-state index in [1.807, 2.05) is 0 Å². The quantitative estimate of drug-likeness (QED) is 0.670. The lowest BCUT2D eigenvalue weighted by molar-refractivity contribution is -0.384. The van der Waals surface area contributed by atoms with Gasteiger partial charge in [-0.3, -0.25) is 10.1 Å². The normalized spacial score (nSPS) is 11.5. The van der Waals surface area contributed by atoms with Gasteiger partial charge in [0, 0.05) is 18.2 Å². The maximum absolute atomic E-state index is 12.2. The van der Waals surface area contributed by atoms with E-state index in [1.54, 1.807) is 6.07 Å². The van der Waals surface area contributed by atoms with Gasteiger partial charge in [-0.15, -0.1) is 0 Å². The second kappa shape index (κ2) is 5.84. The first-order chi connectivity index (χ1) is 9.81. The molecule has 112 valence electrons. The first-order valence-corrected chi connectivity index (χ1v) is 7.62. The summed E-state index contributed by atoms with van der Waals surface area (Å²) in [5.41, 5.74) is 0.510. The summed E-state index contributed by atoms with van der Waals surface area (Å²) in [5, 5.41) is 10.7. The summed E-state index contributed by atoms with van der Waals surface area (Å²) in [6.45, 7) is 1.54. The van der Waals surface area contributed by atoms with Gasteiger partial charge in [0.2, 0.25) is 10.0 Å². The molecule has 9 heteroatoms. The summed E-state index contributed by atoms with van der Waals surface area (Å²) in [7, 11) is -3.89. The molecule has 0 unspecified atom stereocenters. The molecule has 0 fully saturated rings. The van der Waals surface area contributed by atoms with Crippen LogP contribution in [0.1, 0.15) is 11.1 Å². The molecular formula is C12H11ClN2O5S. The van der Waals surface area contributed by atoms with Crippen LogP contribution in [0.2, 0.25) is 5.02 Å². The number of aryl methyl sites for hydroxylation is 1. The van der Waals surface area contributed by atoms with Gasteiger partial charge in [-0.25, -0.2) is 13.1 Å². The second-order valence-corrected chi connectivity index (χ2v) is 6.42. The van der Waals surface area contributed by atoms with Crippen LogP contribution in [0.4, 0.5) is 5.69 Å². The van der Waals surface area contributed by atoms with Crippen LogP contribution in [0.3, 0.4) is 0 Å². The number of furan rings is 1. The number of nitrogens with zero attached hydrogens (tertiary/aromatic N) is 1. The van der Waals surface area contributed by atoms with E-state index in [0.29, 0.717) is 11.1 Å². The first kappa shape index (κ1) is 15.5. The predicted molar refractivity (Wildman–Crippen MR) is 75.6 cm³/mol. The van der Waals surface area contributed by atoms with Crippen molar-refractivity contribution in [3.05, 3.63) is 57.0 Å². The topological polar surface area (TPSA) is 102 Å². The molecule has 21 heavy (non-hydrogen) atoms. The van der Waals surface area contributed by atoms with E-state index in [9.17, 15) is 18.5 Å². The van der Waals surface area contributed by atoms with E-state index in [2.05, 4.69) is 4.72 Å². The van der Waals surface area contributed by atoms with E-state index in [-0.39, 0.29) is 16.5 Å². The van der Waals surface area contributed by atoms with E-state index >= 15 is 0 Å². The van der Waals surface area contributed by atoms with Gasteiger partial charge in [0.15, 0.2) is 0 Å². The molecule has 0 bridgehead atoms. The van der Waals surface area contributed by atoms with Crippen LogP contribution in [0.25, 0.3) is 0 Å². The van der Waals surface area contributed by atoms with E-state index in [1.165, 1.54) is 25.5 Å². The lowest BCUT2D eigenvalue weighted by Crippen LogP contribution is -2.24. The fraction of sp³-hybridized carbons (Fsp3) is 0.167. The van der Waals surface area contributed by atoms with E-state index in [0.717, 1.165) is 6.07 Å². The summed E-state index contributed by atoms with van der Waals surface area (Å²) in [5.74, 6) is 0.